The molecule has 7 amide bonds. The minimum Gasteiger partial charge on any atom is -0.378 e. The molecule has 1 heterocycles. The van der Waals surface area contributed by atoms with Crippen molar-refractivity contribution in [3.8, 4) is 0 Å². The van der Waals surface area contributed by atoms with Crippen LogP contribution in [0.3, 0.4) is 0 Å². The van der Waals surface area contributed by atoms with Crippen LogP contribution in [0.2, 0.25) is 0 Å². The van der Waals surface area contributed by atoms with Crippen LogP contribution in [0, 0.1) is 35.5 Å². The van der Waals surface area contributed by atoms with Gasteiger partial charge in [-0.1, -0.05) is 49.5 Å². The van der Waals surface area contributed by atoms with E-state index in [1.54, 1.807) is 12.4 Å². The molecule has 21 nitrogen and oxygen atoms in total. The molecule has 0 aromatic carbocycles. The van der Waals surface area contributed by atoms with E-state index in [2.05, 4.69) is 53.0 Å². The van der Waals surface area contributed by atoms with E-state index < -0.39 is 0 Å². The Balaban J connectivity index is 0.000000622. The normalized spacial score (nSPS) is 26.2. The molecule has 0 radical (unpaired) electrons. The lowest BCUT2D eigenvalue weighted by atomic mass is 9.79. The maximum atomic E-state index is 12.5. The number of hydrogen-bond donors (Lipinski definition) is 8. The van der Waals surface area contributed by atoms with Crippen molar-refractivity contribution in [2.75, 3.05) is 39.5 Å². The zero-order chi connectivity index (χ0) is 57.2. The molecule has 21 heteroatoms. The Labute approximate surface area is 480 Å². The maximum Gasteiger partial charge on any atom is 0.335 e. The highest BCUT2D eigenvalue weighted by molar-refractivity contribution is 5.86. The Hall–Kier alpha value is -4.86. The summed E-state index contributed by atoms with van der Waals surface area (Å²) in [5, 5.41) is 25.6. The Morgan fingerprint density at radius 3 is 1.24 bits per heavy atom. The van der Waals surface area contributed by atoms with Gasteiger partial charge in [-0.15, -0.1) is 0 Å². The van der Waals surface area contributed by atoms with Crippen LogP contribution in [0.4, 0.5) is 9.59 Å². The Kier molecular flexibility index (Phi) is 38.4. The van der Waals surface area contributed by atoms with Crippen molar-refractivity contribution in [1.29, 1.82) is 0 Å². The number of nitrogens with zero attached hydrogens (tertiary/aromatic N) is 2. The number of ether oxygens (including phenoxy) is 3. The van der Waals surface area contributed by atoms with Gasteiger partial charge in [0.25, 0.3) is 0 Å². The topological polar surface area (TPSA) is 285 Å². The second kappa shape index (κ2) is 42.0. The van der Waals surface area contributed by atoms with Crippen LogP contribution in [0.5, 0.6) is 0 Å². The first-order valence-electron chi connectivity index (χ1n) is 29.8. The van der Waals surface area contributed by atoms with Gasteiger partial charge in [0.15, 0.2) is 0 Å². The van der Waals surface area contributed by atoms with Crippen molar-refractivity contribution in [1.82, 2.24) is 42.8 Å². The quantitative estimate of drug-likeness (QED) is 0.0216. The predicted octanol–water partition coefficient (Wildman–Crippen LogP) is 7.43. The predicted molar refractivity (Wildman–Crippen MR) is 315 cm³/mol. The first-order chi connectivity index (χ1) is 37.6. The monoisotopic (exact) mass is 1130 g/mol. The average Bonchev–Trinajstić information content (AvgIpc) is 4.26. The Morgan fingerprint density at radius 2 is 0.863 bits per heavy atom. The zero-order valence-electron chi connectivity index (χ0n) is 48.5. The smallest absolute Gasteiger partial charge is 0.335 e. The molecule has 0 bridgehead atoms. The van der Waals surface area contributed by atoms with Crippen LogP contribution in [-0.2, 0) is 43.0 Å². The SMILES string of the molecule is C.C.CCO[C@H]1CC[C@H](C(=O)N[C@H](/C=N/NC(=O)NCC2CCC(C(=O)CC)CC2)CC)C1.CCO[C@H]1CC[C@H](C(=O)N[C@H](C=O)CC)C1.CCO[C@H]1CN[C@H](C(=O)N[C@H](/C=N/NC(=O)NCC2CCC(C(=O)CC)CC2)CC)C1. The summed E-state index contributed by atoms with van der Waals surface area (Å²) in [6.45, 7) is 19.4. The lowest BCUT2D eigenvalue weighted by Crippen LogP contribution is -2.46. The molecule has 4 aliphatic carbocycles. The van der Waals surface area contributed by atoms with E-state index in [0.29, 0.717) is 101 Å². The standard InChI is InChI=1S/C23H40N4O4.C22H39N5O4.C12H21NO3.2CH4/c1-4-19(26-22(29)18-11-12-20(13-18)31-6-3)15-25-27-23(30)24-14-16-7-9-17(10-8-16)21(28)5-2;1-4-17(26-21(29)19-11-18(14-23-19)31-6-3)13-25-27-22(30)24-12-15-7-9-16(10-8-15)20(28)5-2;1-3-10(8-14)13-12(15)9-5-6-11(7-9)16-4-2;;/h15-20H,4-14H2,1-3H3,(H,26,29)(H2,24,27,30);13,15-19,23H,4-12,14H2,1-3H3,(H,26,29)(H2,24,27,30);8-11H,3-7H2,1-2H3,(H,13,15);2*1H4/b25-15+;25-13+;;;/t16?,17?,18-,19-,20-;15?,16?,17-,18+,19-;9-,10-,11-;;/m000../s1. The van der Waals surface area contributed by atoms with Gasteiger partial charge in [0.1, 0.15) is 17.9 Å². The number of nitrogens with one attached hydrogen (secondary N) is 8. The third-order valence-electron chi connectivity index (χ3n) is 15.8. The van der Waals surface area contributed by atoms with E-state index in [1.807, 2.05) is 55.4 Å². The fourth-order valence-electron chi connectivity index (χ4n) is 10.9. The van der Waals surface area contributed by atoms with Gasteiger partial charge in [-0.25, -0.2) is 20.4 Å². The van der Waals surface area contributed by atoms with Gasteiger partial charge in [0.2, 0.25) is 17.7 Å². The lowest BCUT2D eigenvalue weighted by molar-refractivity contribution is -0.127. The first kappa shape index (κ1) is 73.2. The van der Waals surface area contributed by atoms with E-state index in [1.165, 1.54) is 0 Å². The van der Waals surface area contributed by atoms with Gasteiger partial charge in [-0.05, 0) is 148 Å². The van der Waals surface area contributed by atoms with Crippen molar-refractivity contribution in [3.63, 3.8) is 0 Å². The summed E-state index contributed by atoms with van der Waals surface area (Å²) in [5.41, 5.74) is 4.95. The molecule has 460 valence electrons. The van der Waals surface area contributed by atoms with Crippen LogP contribution in [0.1, 0.15) is 199 Å². The number of carbonyl (C=O) groups is 8. The largest absolute Gasteiger partial charge is 0.378 e. The molecule has 0 spiro atoms. The molecule has 0 aromatic heterocycles. The lowest BCUT2D eigenvalue weighted by Gasteiger charge is -2.27. The highest BCUT2D eigenvalue weighted by Gasteiger charge is 2.34. The summed E-state index contributed by atoms with van der Waals surface area (Å²) < 4.78 is 16.7. The van der Waals surface area contributed by atoms with Crippen molar-refractivity contribution in [2.45, 2.75) is 241 Å². The minimum absolute atomic E-state index is 0. The van der Waals surface area contributed by atoms with Crippen molar-refractivity contribution < 1.29 is 52.6 Å². The molecule has 5 fully saturated rings. The second-order valence-corrected chi connectivity index (χ2v) is 21.4. The molecule has 0 aromatic rings. The highest BCUT2D eigenvalue weighted by Crippen LogP contribution is 2.32. The Bertz CT molecular complexity index is 1770. The van der Waals surface area contributed by atoms with Gasteiger partial charge < -0.3 is 50.9 Å². The summed E-state index contributed by atoms with van der Waals surface area (Å²) in [6, 6.07) is -1.78. The van der Waals surface area contributed by atoms with Crippen LogP contribution >= 0.6 is 0 Å². The molecule has 5 rings (SSSR count). The summed E-state index contributed by atoms with van der Waals surface area (Å²) in [5.74, 6) is 1.88. The molecule has 9 atom stereocenters. The van der Waals surface area contributed by atoms with E-state index in [4.69, 9.17) is 14.2 Å². The number of hydrazone groups is 2. The average molecular weight is 1130 g/mol. The fraction of sp³-hybridized carbons (Fsp3) is 0.831. The van der Waals surface area contributed by atoms with Crippen molar-refractivity contribution in [3.05, 3.63) is 0 Å². The molecule has 0 unspecified atom stereocenters. The highest BCUT2D eigenvalue weighted by atomic mass is 16.5. The van der Waals surface area contributed by atoms with Crippen LogP contribution in [0.15, 0.2) is 10.2 Å². The summed E-state index contributed by atoms with van der Waals surface area (Å²) in [7, 11) is 0. The number of hydrogen-bond acceptors (Lipinski definition) is 14. The maximum absolute atomic E-state index is 12.5. The molecule has 80 heavy (non-hydrogen) atoms. The number of urea groups is 2. The molecular formula is C59H108N10O11. The number of rotatable bonds is 28. The zero-order valence-corrected chi connectivity index (χ0v) is 48.5. The third-order valence-corrected chi connectivity index (χ3v) is 15.8. The summed E-state index contributed by atoms with van der Waals surface area (Å²) in [6.07, 6.45) is 21.0. The van der Waals surface area contributed by atoms with Gasteiger partial charge in [0, 0.05) is 88.4 Å². The molecule has 8 N–H and O–H groups in total. The Morgan fingerprint density at radius 1 is 0.487 bits per heavy atom. The molecule has 1 saturated heterocycles. The van der Waals surface area contributed by atoms with E-state index >= 15 is 0 Å². The molecule has 1 aliphatic heterocycles. The van der Waals surface area contributed by atoms with Gasteiger partial charge in [0.05, 0.1) is 42.5 Å². The number of ketones is 2. The fourth-order valence-corrected chi connectivity index (χ4v) is 10.9. The van der Waals surface area contributed by atoms with E-state index in [9.17, 15) is 38.4 Å². The van der Waals surface area contributed by atoms with Crippen LogP contribution < -0.4 is 42.8 Å². The number of aldehydes is 1. The van der Waals surface area contributed by atoms with Gasteiger partial charge in [-0.3, -0.25) is 24.0 Å². The van der Waals surface area contributed by atoms with Crippen molar-refractivity contribution in [2.24, 2.45) is 45.7 Å². The van der Waals surface area contributed by atoms with Crippen LogP contribution in [0.25, 0.3) is 0 Å². The van der Waals surface area contributed by atoms with Crippen molar-refractivity contribution >= 4 is 60.1 Å². The molecular weight excluding hydrogens is 1020 g/mol. The third kappa shape index (κ3) is 27.7. The summed E-state index contributed by atoms with van der Waals surface area (Å²) in [4.78, 5) is 94.9. The number of amides is 7. The van der Waals surface area contributed by atoms with Gasteiger partial charge >= 0.3 is 12.1 Å². The molecule has 4 saturated carbocycles. The van der Waals surface area contributed by atoms with Gasteiger partial charge in [-0.2, -0.15) is 10.2 Å². The molecule has 5 aliphatic rings. The minimum atomic E-state index is -0.360. The van der Waals surface area contributed by atoms with E-state index in [0.717, 1.165) is 96.2 Å². The first-order valence-corrected chi connectivity index (χ1v) is 29.8. The number of Topliss-reactive ketones (excluding diaryl/α,β-unsaturated/α-hetero) is 2. The summed E-state index contributed by atoms with van der Waals surface area (Å²) >= 11 is 0. The van der Waals surface area contributed by atoms with E-state index in [-0.39, 0.29) is 111 Å². The second-order valence-electron chi connectivity index (χ2n) is 21.4. The van der Waals surface area contributed by atoms with Crippen LogP contribution in [-0.4, -0.2) is 142 Å². The number of carbonyl (C=O) groups excluding carboxylic acids is 8.